The van der Waals surface area contributed by atoms with E-state index in [1.54, 1.807) is 0 Å². The normalized spacial score (nSPS) is 15.0. The first-order chi connectivity index (χ1) is 11.7. The molecule has 0 unspecified atom stereocenters. The van der Waals surface area contributed by atoms with Gasteiger partial charge in [-0.1, -0.05) is 0 Å². The molecule has 0 atom stereocenters. The maximum Gasteiger partial charge on any atom is 0.143 e. The molecule has 0 spiro atoms. The summed E-state index contributed by atoms with van der Waals surface area (Å²) in [6, 6.07) is 10.5. The molecule has 3 heterocycles. The molecule has 1 aliphatic heterocycles. The zero-order chi connectivity index (χ0) is 16.5. The number of anilines is 3. The van der Waals surface area contributed by atoms with Gasteiger partial charge in [-0.15, -0.1) is 0 Å². The lowest BCUT2D eigenvalue weighted by Gasteiger charge is -2.28. The van der Waals surface area contributed by atoms with Crippen molar-refractivity contribution in [3.8, 4) is 0 Å². The van der Waals surface area contributed by atoms with Crippen molar-refractivity contribution in [1.82, 2.24) is 15.0 Å². The average molecular weight is 323 g/mol. The van der Waals surface area contributed by atoms with E-state index in [-0.39, 0.29) is 0 Å². The van der Waals surface area contributed by atoms with Crippen LogP contribution in [0.4, 0.5) is 17.2 Å². The van der Waals surface area contributed by atoms with Crippen LogP contribution in [0.25, 0.3) is 11.0 Å². The quantitative estimate of drug-likeness (QED) is 0.775. The number of fused-ring (bicyclic) bond motifs is 1. The largest absolute Gasteiger partial charge is 0.378 e. The molecule has 1 aromatic carbocycles. The Hall–Kier alpha value is -2.60. The van der Waals surface area contributed by atoms with Crippen molar-refractivity contribution in [3.63, 3.8) is 0 Å². The fraction of sp³-hybridized carbons (Fsp3) is 0.333. The summed E-state index contributed by atoms with van der Waals surface area (Å²) in [5.41, 5.74) is 4.19. The van der Waals surface area contributed by atoms with Gasteiger partial charge in [0.1, 0.15) is 17.3 Å². The van der Waals surface area contributed by atoms with E-state index in [9.17, 15) is 0 Å². The average Bonchev–Trinajstić information content (AvgIpc) is 2.97. The van der Waals surface area contributed by atoms with Crippen molar-refractivity contribution >= 4 is 28.2 Å². The van der Waals surface area contributed by atoms with Gasteiger partial charge in [0.2, 0.25) is 0 Å². The van der Waals surface area contributed by atoms with Gasteiger partial charge in [-0.3, -0.25) is 0 Å². The number of aromatic amines is 1. The molecule has 0 bridgehead atoms. The maximum atomic E-state index is 5.41. The fourth-order valence-electron chi connectivity index (χ4n) is 3.06. The van der Waals surface area contributed by atoms with E-state index < -0.39 is 0 Å². The van der Waals surface area contributed by atoms with Crippen LogP contribution in [0.5, 0.6) is 0 Å². The molecule has 3 aromatic rings. The minimum atomic E-state index is 0.747. The van der Waals surface area contributed by atoms with Crippen LogP contribution < -0.4 is 10.2 Å². The number of nitrogens with zero attached hydrogens (tertiary/aromatic N) is 3. The Morgan fingerprint density at radius 3 is 2.58 bits per heavy atom. The van der Waals surface area contributed by atoms with Crippen molar-refractivity contribution in [2.45, 2.75) is 13.8 Å². The molecule has 2 N–H and O–H groups in total. The first kappa shape index (κ1) is 15.0. The first-order valence-corrected chi connectivity index (χ1v) is 8.23. The SMILES string of the molecule is Cc1nc(Nc2ccc(N3CCOCC3)cc2)c2cc(C)[nH]c2n1. The fourth-order valence-corrected chi connectivity index (χ4v) is 3.06. The highest BCUT2D eigenvalue weighted by molar-refractivity contribution is 5.89. The van der Waals surface area contributed by atoms with Crippen LogP contribution in [-0.4, -0.2) is 41.3 Å². The van der Waals surface area contributed by atoms with Gasteiger partial charge >= 0.3 is 0 Å². The number of benzene rings is 1. The van der Waals surface area contributed by atoms with Crippen molar-refractivity contribution in [2.24, 2.45) is 0 Å². The molecular formula is C18H21N5O. The van der Waals surface area contributed by atoms with Gasteiger partial charge in [0.15, 0.2) is 0 Å². The van der Waals surface area contributed by atoms with Gasteiger partial charge in [0, 0.05) is 30.2 Å². The summed E-state index contributed by atoms with van der Waals surface area (Å²) in [5, 5.41) is 4.43. The lowest BCUT2D eigenvalue weighted by molar-refractivity contribution is 0.122. The van der Waals surface area contributed by atoms with Gasteiger partial charge < -0.3 is 19.9 Å². The Balaban J connectivity index is 1.59. The number of nitrogens with one attached hydrogen (secondary N) is 2. The molecule has 1 aliphatic rings. The lowest BCUT2D eigenvalue weighted by atomic mass is 10.2. The van der Waals surface area contributed by atoms with Crippen LogP contribution in [0.15, 0.2) is 30.3 Å². The van der Waals surface area contributed by atoms with E-state index in [0.717, 1.165) is 60.4 Å². The third-order valence-corrected chi connectivity index (χ3v) is 4.24. The smallest absolute Gasteiger partial charge is 0.143 e. The summed E-state index contributed by atoms with van der Waals surface area (Å²) in [6.45, 7) is 7.42. The monoisotopic (exact) mass is 323 g/mol. The number of aromatic nitrogens is 3. The van der Waals surface area contributed by atoms with E-state index in [1.165, 1.54) is 5.69 Å². The maximum absolute atomic E-state index is 5.41. The van der Waals surface area contributed by atoms with Crippen LogP contribution >= 0.6 is 0 Å². The summed E-state index contributed by atoms with van der Waals surface area (Å²) in [7, 11) is 0. The van der Waals surface area contributed by atoms with Crippen LogP contribution in [0.1, 0.15) is 11.5 Å². The molecule has 2 aromatic heterocycles. The highest BCUT2D eigenvalue weighted by Crippen LogP contribution is 2.26. The number of rotatable bonds is 3. The molecule has 4 rings (SSSR count). The van der Waals surface area contributed by atoms with Gasteiger partial charge in [-0.2, -0.15) is 0 Å². The molecule has 0 saturated carbocycles. The number of ether oxygens (including phenoxy) is 1. The summed E-state index contributed by atoms with van der Waals surface area (Å²) in [5.74, 6) is 1.58. The number of morpholine rings is 1. The summed E-state index contributed by atoms with van der Waals surface area (Å²) in [6.07, 6.45) is 0. The van der Waals surface area contributed by atoms with Gasteiger partial charge in [0.25, 0.3) is 0 Å². The minimum Gasteiger partial charge on any atom is -0.378 e. The van der Waals surface area contributed by atoms with Gasteiger partial charge in [-0.05, 0) is 44.2 Å². The second kappa shape index (κ2) is 6.13. The Kier molecular flexibility index (Phi) is 3.82. The van der Waals surface area contributed by atoms with E-state index in [0.29, 0.717) is 0 Å². The van der Waals surface area contributed by atoms with Crippen molar-refractivity contribution in [3.05, 3.63) is 41.9 Å². The predicted octanol–water partition coefficient (Wildman–Crippen LogP) is 3.15. The second-order valence-electron chi connectivity index (χ2n) is 6.11. The molecule has 0 radical (unpaired) electrons. The number of aryl methyl sites for hydroxylation is 2. The standard InChI is InChI=1S/C18H21N5O/c1-12-11-16-17(19-12)20-13(2)21-18(16)22-14-3-5-15(6-4-14)23-7-9-24-10-8-23/h3-6,11H,7-10H2,1-2H3,(H2,19,20,21,22). The van der Waals surface area contributed by atoms with E-state index in [2.05, 4.69) is 55.5 Å². The molecule has 0 aliphatic carbocycles. The number of hydrogen-bond donors (Lipinski definition) is 2. The zero-order valence-electron chi connectivity index (χ0n) is 14.0. The summed E-state index contributed by atoms with van der Waals surface area (Å²) < 4.78 is 5.41. The van der Waals surface area contributed by atoms with Crippen LogP contribution in [0.2, 0.25) is 0 Å². The van der Waals surface area contributed by atoms with Crippen molar-refractivity contribution in [2.75, 3.05) is 36.5 Å². The van der Waals surface area contributed by atoms with Crippen LogP contribution in [-0.2, 0) is 4.74 Å². The summed E-state index contributed by atoms with van der Waals surface area (Å²) >= 11 is 0. The van der Waals surface area contributed by atoms with Crippen LogP contribution in [0, 0.1) is 13.8 Å². The first-order valence-electron chi connectivity index (χ1n) is 8.23. The highest BCUT2D eigenvalue weighted by Gasteiger charge is 2.12. The van der Waals surface area contributed by atoms with Gasteiger partial charge in [-0.25, -0.2) is 9.97 Å². The third kappa shape index (κ3) is 2.92. The third-order valence-electron chi connectivity index (χ3n) is 4.24. The zero-order valence-corrected chi connectivity index (χ0v) is 14.0. The highest BCUT2D eigenvalue weighted by atomic mass is 16.5. The number of H-pyrrole nitrogens is 1. The molecule has 0 amide bonds. The molecule has 6 nitrogen and oxygen atoms in total. The van der Waals surface area contributed by atoms with Gasteiger partial charge in [0.05, 0.1) is 18.6 Å². The molecule has 24 heavy (non-hydrogen) atoms. The Morgan fingerprint density at radius 2 is 1.83 bits per heavy atom. The predicted molar refractivity (Wildman–Crippen MR) is 96.1 cm³/mol. The second-order valence-corrected chi connectivity index (χ2v) is 6.11. The van der Waals surface area contributed by atoms with Crippen molar-refractivity contribution < 1.29 is 4.74 Å². The Labute approximate surface area is 140 Å². The molecule has 1 fully saturated rings. The van der Waals surface area contributed by atoms with Crippen LogP contribution in [0.3, 0.4) is 0 Å². The molecular weight excluding hydrogens is 302 g/mol. The summed E-state index contributed by atoms with van der Waals surface area (Å²) in [4.78, 5) is 14.6. The Morgan fingerprint density at radius 1 is 1.08 bits per heavy atom. The topological polar surface area (TPSA) is 66.1 Å². The number of hydrogen-bond acceptors (Lipinski definition) is 5. The van der Waals surface area contributed by atoms with E-state index >= 15 is 0 Å². The lowest BCUT2D eigenvalue weighted by Crippen LogP contribution is -2.36. The van der Waals surface area contributed by atoms with E-state index in [4.69, 9.17) is 4.74 Å². The minimum absolute atomic E-state index is 0.747. The van der Waals surface area contributed by atoms with E-state index in [1.807, 2.05) is 13.8 Å². The molecule has 1 saturated heterocycles. The Bertz CT molecular complexity index is 850. The molecule has 6 heteroatoms. The van der Waals surface area contributed by atoms with Crippen molar-refractivity contribution in [1.29, 1.82) is 0 Å². The molecule has 124 valence electrons.